The quantitative estimate of drug-likeness (QED) is 0.433. The van der Waals surface area contributed by atoms with E-state index < -0.39 is 29.5 Å². The van der Waals surface area contributed by atoms with Crippen molar-refractivity contribution in [1.82, 2.24) is 20.3 Å². The van der Waals surface area contributed by atoms with Crippen LogP contribution in [0.25, 0.3) is 0 Å². The number of carbonyl (C=O) groups is 3. The molecular weight excluding hydrogens is 496 g/mol. The summed E-state index contributed by atoms with van der Waals surface area (Å²) in [5.74, 6) is -1.44. The van der Waals surface area contributed by atoms with Gasteiger partial charge in [0.2, 0.25) is 17.7 Å². The van der Waals surface area contributed by atoms with Crippen molar-refractivity contribution < 1.29 is 27.7 Å². The Morgan fingerprint density at radius 2 is 1.74 bits per heavy atom. The molecule has 0 spiro atoms. The van der Waals surface area contributed by atoms with E-state index in [2.05, 4.69) is 20.7 Å². The maximum Gasteiger partial charge on any atom is 0.248 e. The smallest absolute Gasteiger partial charge is 0.248 e. The van der Waals surface area contributed by atoms with E-state index >= 15 is 0 Å². The molecule has 1 unspecified atom stereocenters. The molecule has 11 heteroatoms. The molecule has 0 saturated carbocycles. The Kier molecular flexibility index (Phi) is 10.8. The van der Waals surface area contributed by atoms with Gasteiger partial charge in [0.05, 0.1) is 13.0 Å². The van der Waals surface area contributed by atoms with Gasteiger partial charge in [0.15, 0.2) is 11.6 Å². The van der Waals surface area contributed by atoms with E-state index in [0.717, 1.165) is 57.2 Å². The topological polar surface area (TPSA) is 108 Å². The fourth-order valence-electron chi connectivity index (χ4n) is 4.71. The summed E-state index contributed by atoms with van der Waals surface area (Å²) in [6.07, 6.45) is 2.32. The number of piperidine rings is 1. The van der Waals surface area contributed by atoms with Gasteiger partial charge in [0.1, 0.15) is 17.7 Å². The summed E-state index contributed by atoms with van der Waals surface area (Å²) in [6.45, 7) is 9.33. The largest absolute Gasteiger partial charge is 0.358 e. The molecule has 9 nitrogen and oxygen atoms in total. The molecule has 1 fully saturated rings. The summed E-state index contributed by atoms with van der Waals surface area (Å²) in [7, 11) is 0. The molecular formula is C27H37F2N5O4. The number of hydrogen-bond donors (Lipinski definition) is 2. The highest BCUT2D eigenvalue weighted by atomic mass is 19.1. The third-order valence-electron chi connectivity index (χ3n) is 6.72. The van der Waals surface area contributed by atoms with Crippen LogP contribution in [0.4, 0.5) is 14.6 Å². The molecule has 0 bridgehead atoms. The van der Waals surface area contributed by atoms with Gasteiger partial charge in [-0.3, -0.25) is 19.3 Å². The van der Waals surface area contributed by atoms with Gasteiger partial charge in [-0.1, -0.05) is 18.5 Å². The summed E-state index contributed by atoms with van der Waals surface area (Å²) < 4.78 is 32.2. The molecule has 1 atom stereocenters. The average Bonchev–Trinajstić information content (AvgIpc) is 3.30. The molecule has 1 aliphatic rings. The zero-order chi connectivity index (χ0) is 27.7. The number of nitrogens with one attached hydrogen (secondary N) is 2. The van der Waals surface area contributed by atoms with Crippen LogP contribution in [0.15, 0.2) is 28.8 Å². The Hall–Kier alpha value is -3.34. The molecule has 1 aromatic carbocycles. The number of nitrogens with zero attached hydrogens (tertiary/aromatic N) is 3. The summed E-state index contributed by atoms with van der Waals surface area (Å²) >= 11 is 0. The molecule has 2 aromatic rings. The minimum Gasteiger partial charge on any atom is -0.358 e. The third-order valence-corrected chi connectivity index (χ3v) is 6.72. The molecule has 3 amide bonds. The van der Waals surface area contributed by atoms with Crippen molar-refractivity contribution >= 4 is 23.5 Å². The van der Waals surface area contributed by atoms with Gasteiger partial charge in [-0.15, -0.1) is 0 Å². The lowest BCUT2D eigenvalue weighted by molar-refractivity contribution is -0.136. The van der Waals surface area contributed by atoms with Crippen LogP contribution in [0.5, 0.6) is 0 Å². The number of halogens is 2. The van der Waals surface area contributed by atoms with Gasteiger partial charge in [0, 0.05) is 31.1 Å². The van der Waals surface area contributed by atoms with E-state index in [1.54, 1.807) is 6.07 Å². The fourth-order valence-corrected chi connectivity index (χ4v) is 4.71. The van der Waals surface area contributed by atoms with Crippen molar-refractivity contribution in [3.63, 3.8) is 0 Å². The van der Waals surface area contributed by atoms with Crippen molar-refractivity contribution in [2.75, 3.05) is 31.5 Å². The molecule has 38 heavy (non-hydrogen) atoms. The van der Waals surface area contributed by atoms with Crippen molar-refractivity contribution in [3.8, 4) is 0 Å². The van der Waals surface area contributed by atoms with Crippen LogP contribution >= 0.6 is 0 Å². The highest BCUT2D eigenvalue weighted by Gasteiger charge is 2.28. The van der Waals surface area contributed by atoms with Gasteiger partial charge in [-0.25, -0.2) is 8.78 Å². The van der Waals surface area contributed by atoms with Crippen LogP contribution in [0.1, 0.15) is 57.8 Å². The maximum atomic E-state index is 13.4. The molecule has 2 N–H and O–H groups in total. The van der Waals surface area contributed by atoms with Gasteiger partial charge in [0.25, 0.3) is 0 Å². The van der Waals surface area contributed by atoms with Crippen molar-refractivity contribution in [1.29, 1.82) is 0 Å². The summed E-state index contributed by atoms with van der Waals surface area (Å²) in [5, 5.41) is 9.23. The predicted octanol–water partition coefficient (Wildman–Crippen LogP) is 3.50. The number of anilines is 1. The first-order valence-corrected chi connectivity index (χ1v) is 13.2. The van der Waals surface area contributed by atoms with Crippen LogP contribution in [0.3, 0.4) is 0 Å². The Balaban J connectivity index is 1.50. The second-order valence-electron chi connectivity index (χ2n) is 9.59. The van der Waals surface area contributed by atoms with Crippen LogP contribution < -0.4 is 10.6 Å². The first kappa shape index (κ1) is 29.2. The fraction of sp³-hybridized carbons (Fsp3) is 0.556. The van der Waals surface area contributed by atoms with E-state index in [-0.39, 0.29) is 29.6 Å². The Labute approximate surface area is 221 Å². The molecule has 2 heterocycles. The van der Waals surface area contributed by atoms with Crippen LogP contribution in [-0.2, 0) is 27.3 Å². The first-order chi connectivity index (χ1) is 18.2. The van der Waals surface area contributed by atoms with Gasteiger partial charge < -0.3 is 20.1 Å². The second-order valence-corrected chi connectivity index (χ2v) is 9.59. The number of likely N-dealkylation sites (tertiary alicyclic amines) is 1. The third kappa shape index (κ3) is 8.34. The molecule has 1 aliphatic heterocycles. The van der Waals surface area contributed by atoms with Crippen LogP contribution in [0, 0.1) is 17.6 Å². The lowest BCUT2D eigenvalue weighted by atomic mass is 9.95. The molecule has 208 valence electrons. The standard InChI is InChI=1S/C27H37F2N5O4/c1-4-7-23(30-25(35)14-18-12-20(28)15-21(29)13-18)26(36)31-24-16-22(38-32-24)17-33-10-8-19(9-11-33)27(37)34(5-2)6-3/h12-13,15-16,19,23H,4-11,14,17H2,1-3H3,(H,30,35)(H,31,32,36). The van der Waals surface area contributed by atoms with E-state index in [0.29, 0.717) is 25.1 Å². The Bertz CT molecular complexity index is 1080. The summed E-state index contributed by atoms with van der Waals surface area (Å²) in [4.78, 5) is 41.9. The number of carbonyl (C=O) groups excluding carboxylic acids is 3. The van der Waals surface area contributed by atoms with Gasteiger partial charge in [-0.05, 0) is 63.9 Å². The van der Waals surface area contributed by atoms with Crippen molar-refractivity contribution in [3.05, 3.63) is 47.2 Å². The second kappa shape index (κ2) is 14.0. The number of hydrogen-bond acceptors (Lipinski definition) is 6. The number of amides is 3. The minimum absolute atomic E-state index is 0.0429. The Morgan fingerprint density at radius 3 is 2.34 bits per heavy atom. The maximum absolute atomic E-state index is 13.4. The van der Waals surface area contributed by atoms with Crippen LogP contribution in [0.2, 0.25) is 0 Å². The number of rotatable bonds is 12. The highest BCUT2D eigenvalue weighted by molar-refractivity contribution is 5.96. The van der Waals surface area contributed by atoms with Gasteiger partial charge >= 0.3 is 0 Å². The zero-order valence-corrected chi connectivity index (χ0v) is 22.3. The molecule has 0 aliphatic carbocycles. The monoisotopic (exact) mass is 533 g/mol. The predicted molar refractivity (Wildman–Crippen MR) is 138 cm³/mol. The zero-order valence-electron chi connectivity index (χ0n) is 22.3. The Morgan fingerprint density at radius 1 is 1.08 bits per heavy atom. The van der Waals surface area contributed by atoms with Crippen LogP contribution in [-0.4, -0.2) is 64.9 Å². The summed E-state index contributed by atoms with van der Waals surface area (Å²) in [5.41, 5.74) is 0.179. The minimum atomic E-state index is -0.839. The molecule has 3 rings (SSSR count). The van der Waals surface area contributed by atoms with E-state index in [4.69, 9.17) is 4.52 Å². The number of benzene rings is 1. The lowest BCUT2D eigenvalue weighted by Gasteiger charge is -2.33. The van der Waals surface area contributed by atoms with E-state index in [1.807, 2.05) is 25.7 Å². The average molecular weight is 534 g/mol. The molecule has 0 radical (unpaired) electrons. The van der Waals surface area contributed by atoms with Crippen molar-refractivity contribution in [2.24, 2.45) is 5.92 Å². The first-order valence-electron chi connectivity index (χ1n) is 13.2. The lowest BCUT2D eigenvalue weighted by Crippen LogP contribution is -2.44. The van der Waals surface area contributed by atoms with E-state index in [9.17, 15) is 23.2 Å². The van der Waals surface area contributed by atoms with Crippen molar-refractivity contribution in [2.45, 2.75) is 65.5 Å². The van der Waals surface area contributed by atoms with E-state index in [1.165, 1.54) is 0 Å². The number of aromatic nitrogens is 1. The molecule has 1 aromatic heterocycles. The molecule has 1 saturated heterocycles. The summed E-state index contributed by atoms with van der Waals surface area (Å²) in [6, 6.07) is 3.70. The normalized spacial score (nSPS) is 15.2. The SMILES string of the molecule is CCCC(NC(=O)Cc1cc(F)cc(F)c1)C(=O)Nc1cc(CN2CCC(C(=O)N(CC)CC)CC2)on1. The highest BCUT2D eigenvalue weighted by Crippen LogP contribution is 2.22. The van der Waals surface area contributed by atoms with Gasteiger partial charge in [-0.2, -0.15) is 0 Å².